The predicted octanol–water partition coefficient (Wildman–Crippen LogP) is 4.34. The van der Waals surface area contributed by atoms with Gasteiger partial charge >= 0.3 is 0 Å². The Morgan fingerprint density at radius 3 is 2.71 bits per heavy atom. The summed E-state index contributed by atoms with van der Waals surface area (Å²) >= 11 is 3.54. The molecule has 0 radical (unpaired) electrons. The van der Waals surface area contributed by atoms with Crippen LogP contribution in [0.4, 0.5) is 0 Å². The van der Waals surface area contributed by atoms with Crippen LogP contribution in [0, 0.1) is 0 Å². The molecule has 0 unspecified atom stereocenters. The Balaban J connectivity index is 1.42. The third kappa shape index (κ3) is 5.76. The van der Waals surface area contributed by atoms with E-state index in [2.05, 4.69) is 21.0 Å². The summed E-state index contributed by atoms with van der Waals surface area (Å²) in [4.78, 5) is 32.6. The van der Waals surface area contributed by atoms with Crippen LogP contribution in [0.2, 0.25) is 0 Å². The van der Waals surface area contributed by atoms with Gasteiger partial charge < -0.3 is 19.1 Å². The molecule has 5 rings (SSSR count). The smallest absolute Gasteiger partial charge is 0.282 e. The highest BCUT2D eigenvalue weighted by Crippen LogP contribution is 2.36. The maximum Gasteiger partial charge on any atom is 0.282 e. The lowest BCUT2D eigenvalue weighted by molar-refractivity contribution is -0.137. The standard InChI is InChI=1S/C28H31BrN4O5/c1-36-24-16-19(15-22(29)26(24)38-18-25(34)32-11-13-37-14-12-32)17-30-33-27(20-7-3-2-4-8-20)31-23-10-6-5-9-21(23)28(33)35/h5-6,9-10,15-17,20H,2-4,7-8,11-14,18H2,1H3. The van der Waals surface area contributed by atoms with E-state index < -0.39 is 0 Å². The van der Waals surface area contributed by atoms with Gasteiger partial charge in [0.15, 0.2) is 18.1 Å². The summed E-state index contributed by atoms with van der Waals surface area (Å²) in [7, 11) is 1.54. The third-order valence-electron chi connectivity index (χ3n) is 7.03. The van der Waals surface area contributed by atoms with Crippen molar-refractivity contribution < 1.29 is 19.0 Å². The Hall–Kier alpha value is -3.24. The van der Waals surface area contributed by atoms with Crippen molar-refractivity contribution in [2.75, 3.05) is 40.0 Å². The van der Waals surface area contributed by atoms with E-state index in [0.29, 0.717) is 64.6 Å². The van der Waals surface area contributed by atoms with Gasteiger partial charge in [0.2, 0.25) is 0 Å². The van der Waals surface area contributed by atoms with Crippen molar-refractivity contribution in [1.29, 1.82) is 0 Å². The molecule has 1 amide bonds. The third-order valence-corrected chi connectivity index (χ3v) is 7.62. The second kappa shape index (κ2) is 12.1. The molecule has 10 heteroatoms. The van der Waals surface area contributed by atoms with Crippen molar-refractivity contribution in [3.63, 3.8) is 0 Å². The number of methoxy groups -OCH3 is 1. The molecule has 1 aliphatic heterocycles. The Morgan fingerprint density at radius 2 is 1.95 bits per heavy atom. The first kappa shape index (κ1) is 26.4. The molecule has 0 N–H and O–H groups in total. The second-order valence-corrected chi connectivity index (χ2v) is 10.4. The number of aromatic nitrogens is 2. The van der Waals surface area contributed by atoms with Crippen molar-refractivity contribution in [1.82, 2.24) is 14.6 Å². The van der Waals surface area contributed by atoms with Crippen LogP contribution >= 0.6 is 15.9 Å². The molecule has 2 heterocycles. The Bertz CT molecular complexity index is 1390. The molecule has 2 fully saturated rings. The van der Waals surface area contributed by atoms with E-state index in [0.717, 1.165) is 25.7 Å². The number of nitrogens with zero attached hydrogens (tertiary/aromatic N) is 4. The summed E-state index contributed by atoms with van der Waals surface area (Å²) in [5.41, 5.74) is 1.22. The maximum absolute atomic E-state index is 13.4. The largest absolute Gasteiger partial charge is 0.493 e. The number of rotatable bonds is 7. The summed E-state index contributed by atoms with van der Waals surface area (Å²) < 4.78 is 18.8. The van der Waals surface area contributed by atoms with Crippen LogP contribution in [0.1, 0.15) is 49.4 Å². The summed E-state index contributed by atoms with van der Waals surface area (Å²) in [5, 5.41) is 5.15. The zero-order valence-electron chi connectivity index (χ0n) is 21.4. The molecule has 1 saturated heterocycles. The van der Waals surface area contributed by atoms with Crippen LogP contribution in [0.3, 0.4) is 0 Å². The van der Waals surface area contributed by atoms with E-state index in [1.165, 1.54) is 18.2 Å². The van der Waals surface area contributed by atoms with E-state index in [9.17, 15) is 9.59 Å². The first-order chi connectivity index (χ1) is 18.5. The number of carbonyl (C=O) groups excluding carboxylic acids is 1. The minimum atomic E-state index is -0.181. The molecule has 0 atom stereocenters. The Labute approximate surface area is 229 Å². The van der Waals surface area contributed by atoms with Gasteiger partial charge in [-0.1, -0.05) is 31.4 Å². The fourth-order valence-corrected chi connectivity index (χ4v) is 5.57. The number of amides is 1. The summed E-state index contributed by atoms with van der Waals surface area (Å²) in [5.74, 6) is 1.67. The number of hydrogen-bond acceptors (Lipinski definition) is 7. The monoisotopic (exact) mass is 582 g/mol. The van der Waals surface area contributed by atoms with Crippen LogP contribution in [-0.2, 0) is 9.53 Å². The quantitative estimate of drug-likeness (QED) is 0.385. The number of ether oxygens (including phenoxy) is 3. The first-order valence-electron chi connectivity index (χ1n) is 13.0. The molecular weight excluding hydrogens is 552 g/mol. The van der Waals surface area contributed by atoms with E-state index >= 15 is 0 Å². The fraction of sp³-hybridized carbons (Fsp3) is 0.429. The van der Waals surface area contributed by atoms with Crippen LogP contribution in [0.15, 0.2) is 50.8 Å². The summed E-state index contributed by atoms with van der Waals surface area (Å²) in [6.07, 6.45) is 7.06. The maximum atomic E-state index is 13.4. The van der Waals surface area contributed by atoms with E-state index in [1.807, 2.05) is 24.3 Å². The number of fused-ring (bicyclic) bond motifs is 1. The normalized spacial score (nSPS) is 16.7. The van der Waals surface area contributed by atoms with Crippen LogP contribution in [0.25, 0.3) is 10.9 Å². The summed E-state index contributed by atoms with van der Waals surface area (Å²) in [6.45, 7) is 2.07. The number of carbonyl (C=O) groups is 1. The van der Waals surface area contributed by atoms with Gasteiger partial charge in [-0.25, -0.2) is 4.98 Å². The van der Waals surface area contributed by atoms with Gasteiger partial charge in [-0.3, -0.25) is 9.59 Å². The average molecular weight is 583 g/mol. The molecule has 2 aromatic carbocycles. The van der Waals surface area contributed by atoms with Gasteiger partial charge in [0.05, 0.1) is 41.9 Å². The van der Waals surface area contributed by atoms with Crippen molar-refractivity contribution in [2.24, 2.45) is 5.10 Å². The Kier molecular flexibility index (Phi) is 8.38. The van der Waals surface area contributed by atoms with Crippen LogP contribution < -0.4 is 15.0 Å². The fourth-order valence-electron chi connectivity index (χ4n) is 4.99. The molecule has 3 aromatic rings. The number of para-hydroxylation sites is 1. The average Bonchev–Trinajstić information content (AvgIpc) is 2.96. The molecule has 9 nitrogen and oxygen atoms in total. The predicted molar refractivity (Wildman–Crippen MR) is 148 cm³/mol. The number of halogens is 1. The van der Waals surface area contributed by atoms with Gasteiger partial charge in [0.1, 0.15) is 5.82 Å². The minimum absolute atomic E-state index is 0.105. The van der Waals surface area contributed by atoms with E-state index in [4.69, 9.17) is 19.2 Å². The van der Waals surface area contributed by atoms with E-state index in [-0.39, 0.29) is 24.0 Å². The second-order valence-electron chi connectivity index (χ2n) is 9.50. The number of hydrogen-bond donors (Lipinski definition) is 0. The van der Waals surface area contributed by atoms with Crippen molar-refractivity contribution in [3.05, 3.63) is 62.6 Å². The zero-order valence-corrected chi connectivity index (χ0v) is 23.0. The van der Waals surface area contributed by atoms with Crippen molar-refractivity contribution in [3.8, 4) is 11.5 Å². The first-order valence-corrected chi connectivity index (χ1v) is 13.8. The van der Waals surface area contributed by atoms with E-state index in [1.54, 1.807) is 23.2 Å². The molecule has 0 spiro atoms. The highest BCUT2D eigenvalue weighted by atomic mass is 79.9. The molecular formula is C28H31BrN4O5. The van der Waals surface area contributed by atoms with Crippen molar-refractivity contribution >= 4 is 39.0 Å². The molecule has 2 aliphatic rings. The van der Waals surface area contributed by atoms with Gasteiger partial charge in [-0.05, 0) is 58.6 Å². The van der Waals surface area contributed by atoms with Gasteiger partial charge in [0, 0.05) is 19.0 Å². The minimum Gasteiger partial charge on any atom is -0.493 e. The lowest BCUT2D eigenvalue weighted by Gasteiger charge is -2.27. The number of morpholine rings is 1. The topological polar surface area (TPSA) is 95.2 Å². The molecule has 1 aromatic heterocycles. The van der Waals surface area contributed by atoms with Crippen LogP contribution in [-0.4, -0.2) is 66.7 Å². The Morgan fingerprint density at radius 1 is 1.18 bits per heavy atom. The van der Waals surface area contributed by atoms with Gasteiger partial charge in [0.25, 0.3) is 11.5 Å². The van der Waals surface area contributed by atoms with Gasteiger partial charge in [-0.2, -0.15) is 9.78 Å². The lowest BCUT2D eigenvalue weighted by Crippen LogP contribution is -2.43. The summed E-state index contributed by atoms with van der Waals surface area (Å²) in [6, 6.07) is 11.0. The highest BCUT2D eigenvalue weighted by Gasteiger charge is 2.23. The highest BCUT2D eigenvalue weighted by molar-refractivity contribution is 9.10. The lowest BCUT2D eigenvalue weighted by atomic mass is 9.88. The molecule has 200 valence electrons. The molecule has 38 heavy (non-hydrogen) atoms. The van der Waals surface area contributed by atoms with Gasteiger partial charge in [-0.15, -0.1) is 0 Å². The zero-order chi connectivity index (χ0) is 26.5. The molecule has 0 bridgehead atoms. The SMILES string of the molecule is COc1cc(C=Nn2c(C3CCCCC3)nc3ccccc3c2=O)cc(Br)c1OCC(=O)N1CCOCC1. The molecule has 1 aliphatic carbocycles. The number of benzene rings is 2. The van der Waals surface area contributed by atoms with Crippen molar-refractivity contribution in [2.45, 2.75) is 38.0 Å². The van der Waals surface area contributed by atoms with Crippen LogP contribution in [0.5, 0.6) is 11.5 Å². The molecule has 1 saturated carbocycles.